The van der Waals surface area contributed by atoms with Crippen molar-refractivity contribution in [1.29, 1.82) is 0 Å². The Labute approximate surface area is 183 Å². The number of carbonyl (C=O) groups excluding carboxylic acids is 1. The lowest BCUT2D eigenvalue weighted by molar-refractivity contribution is 0.0748. The molecule has 2 aromatic carbocycles. The average Bonchev–Trinajstić information content (AvgIpc) is 2.78. The van der Waals surface area contributed by atoms with Gasteiger partial charge in [0, 0.05) is 36.9 Å². The number of fused-ring (bicyclic) bond motifs is 1. The number of pyridine rings is 1. The van der Waals surface area contributed by atoms with E-state index >= 15 is 0 Å². The SMILES string of the molecule is CCN(CC)CCN(CC)C(=O)c1ccccc1Nc1ccnc2c(Cl)cccc12. The number of anilines is 2. The van der Waals surface area contributed by atoms with Crippen LogP contribution in [-0.4, -0.2) is 53.4 Å². The monoisotopic (exact) mass is 424 g/mol. The van der Waals surface area contributed by atoms with E-state index in [1.54, 1.807) is 6.20 Å². The molecule has 3 rings (SSSR count). The summed E-state index contributed by atoms with van der Waals surface area (Å²) < 4.78 is 0. The number of nitrogens with one attached hydrogen (secondary N) is 1. The van der Waals surface area contributed by atoms with Gasteiger partial charge in [-0.15, -0.1) is 0 Å². The number of hydrogen-bond donors (Lipinski definition) is 1. The fraction of sp³-hybridized carbons (Fsp3) is 0.333. The molecule has 0 spiro atoms. The topological polar surface area (TPSA) is 48.5 Å². The van der Waals surface area contributed by atoms with Crippen LogP contribution in [0.15, 0.2) is 54.7 Å². The normalized spacial score (nSPS) is 11.1. The van der Waals surface area contributed by atoms with Crippen LogP contribution in [0.2, 0.25) is 5.02 Å². The van der Waals surface area contributed by atoms with Crippen LogP contribution in [0, 0.1) is 0 Å². The first-order valence-corrected chi connectivity index (χ1v) is 10.9. The molecular weight excluding hydrogens is 396 g/mol. The van der Waals surface area contributed by atoms with E-state index in [0.29, 0.717) is 23.7 Å². The van der Waals surface area contributed by atoms with Gasteiger partial charge in [0.2, 0.25) is 0 Å². The first-order valence-electron chi connectivity index (χ1n) is 10.5. The van der Waals surface area contributed by atoms with Crippen molar-refractivity contribution < 1.29 is 4.79 Å². The molecule has 1 aromatic heterocycles. The number of likely N-dealkylation sites (N-methyl/N-ethyl adjacent to an activating group) is 2. The minimum absolute atomic E-state index is 0.0316. The van der Waals surface area contributed by atoms with E-state index in [1.165, 1.54) is 0 Å². The maximum Gasteiger partial charge on any atom is 0.255 e. The summed E-state index contributed by atoms with van der Waals surface area (Å²) in [5, 5.41) is 4.96. The first kappa shape index (κ1) is 22.1. The third kappa shape index (κ3) is 4.91. The highest BCUT2D eigenvalue weighted by atomic mass is 35.5. The summed E-state index contributed by atoms with van der Waals surface area (Å²) in [6.07, 6.45) is 1.73. The number of benzene rings is 2. The molecule has 5 nitrogen and oxygen atoms in total. The van der Waals surface area contributed by atoms with Gasteiger partial charge in [-0.25, -0.2) is 0 Å². The zero-order valence-electron chi connectivity index (χ0n) is 17.9. The molecule has 0 saturated carbocycles. The molecule has 1 heterocycles. The Bertz CT molecular complexity index is 1000. The van der Waals surface area contributed by atoms with Crippen molar-refractivity contribution in [2.75, 3.05) is 38.0 Å². The van der Waals surface area contributed by atoms with Crippen molar-refractivity contribution in [1.82, 2.24) is 14.8 Å². The maximum absolute atomic E-state index is 13.3. The van der Waals surface area contributed by atoms with Gasteiger partial charge in [-0.05, 0) is 44.3 Å². The molecule has 30 heavy (non-hydrogen) atoms. The summed E-state index contributed by atoms with van der Waals surface area (Å²) >= 11 is 6.30. The molecule has 158 valence electrons. The molecule has 0 atom stereocenters. The van der Waals surface area contributed by atoms with Crippen LogP contribution in [0.1, 0.15) is 31.1 Å². The van der Waals surface area contributed by atoms with Gasteiger partial charge in [-0.3, -0.25) is 9.78 Å². The van der Waals surface area contributed by atoms with E-state index in [2.05, 4.69) is 29.0 Å². The molecule has 0 saturated heterocycles. The van der Waals surface area contributed by atoms with Crippen molar-refractivity contribution in [2.24, 2.45) is 0 Å². The Morgan fingerprint density at radius 1 is 0.933 bits per heavy atom. The third-order valence-corrected chi connectivity index (χ3v) is 5.70. The molecule has 0 aliphatic heterocycles. The molecule has 0 bridgehead atoms. The molecular formula is C24H29ClN4O. The fourth-order valence-corrected chi connectivity index (χ4v) is 3.77. The van der Waals surface area contributed by atoms with Gasteiger partial charge in [0.15, 0.2) is 0 Å². The maximum atomic E-state index is 13.3. The summed E-state index contributed by atoms with van der Waals surface area (Å²) in [6, 6.07) is 15.2. The number of halogens is 1. The van der Waals surface area contributed by atoms with Crippen molar-refractivity contribution >= 4 is 39.8 Å². The van der Waals surface area contributed by atoms with Crippen LogP contribution in [0.25, 0.3) is 10.9 Å². The van der Waals surface area contributed by atoms with Gasteiger partial charge in [0.25, 0.3) is 5.91 Å². The predicted octanol–water partition coefficient (Wildman–Crippen LogP) is 5.44. The number of amides is 1. The number of hydrogen-bond acceptors (Lipinski definition) is 4. The number of carbonyl (C=O) groups is 1. The molecule has 6 heteroatoms. The molecule has 0 aliphatic carbocycles. The van der Waals surface area contributed by atoms with Crippen molar-refractivity contribution in [3.05, 3.63) is 65.3 Å². The molecule has 3 aromatic rings. The standard InChI is InChI=1S/C24H29ClN4O/c1-4-28(5-2)16-17-29(6-3)24(30)19-10-7-8-13-21(19)27-22-14-15-26-23-18(22)11-9-12-20(23)25/h7-15H,4-6,16-17H2,1-3H3,(H,26,27). The minimum Gasteiger partial charge on any atom is -0.354 e. The first-order chi connectivity index (χ1) is 14.6. The summed E-state index contributed by atoms with van der Waals surface area (Å²) in [6.45, 7) is 10.5. The zero-order chi connectivity index (χ0) is 21.5. The molecule has 0 radical (unpaired) electrons. The Kier molecular flexibility index (Phi) is 7.66. The smallest absolute Gasteiger partial charge is 0.255 e. The molecule has 0 aliphatic rings. The van der Waals surface area contributed by atoms with Crippen LogP contribution in [0.4, 0.5) is 11.4 Å². The van der Waals surface area contributed by atoms with Crippen LogP contribution < -0.4 is 5.32 Å². The van der Waals surface area contributed by atoms with Gasteiger partial charge in [-0.2, -0.15) is 0 Å². The summed E-state index contributed by atoms with van der Waals surface area (Å²) in [4.78, 5) is 21.9. The zero-order valence-corrected chi connectivity index (χ0v) is 18.6. The lowest BCUT2D eigenvalue weighted by atomic mass is 10.1. The highest BCUT2D eigenvalue weighted by Crippen LogP contribution is 2.30. The Hall–Kier alpha value is -2.63. The van der Waals surface area contributed by atoms with Gasteiger partial charge < -0.3 is 15.1 Å². The number of rotatable bonds is 9. The van der Waals surface area contributed by atoms with Crippen LogP contribution in [0.5, 0.6) is 0 Å². The Balaban J connectivity index is 1.87. The second-order valence-electron chi connectivity index (χ2n) is 7.08. The van der Waals surface area contributed by atoms with E-state index in [9.17, 15) is 4.79 Å². The lowest BCUT2D eigenvalue weighted by Crippen LogP contribution is -2.38. The van der Waals surface area contributed by atoms with Crippen LogP contribution in [0.3, 0.4) is 0 Å². The summed E-state index contributed by atoms with van der Waals surface area (Å²) in [5.41, 5.74) is 3.04. The van der Waals surface area contributed by atoms with Gasteiger partial charge in [0.1, 0.15) is 0 Å². The van der Waals surface area contributed by atoms with Crippen molar-refractivity contribution in [2.45, 2.75) is 20.8 Å². The number of aromatic nitrogens is 1. The average molecular weight is 425 g/mol. The van der Waals surface area contributed by atoms with Crippen molar-refractivity contribution in [3.8, 4) is 0 Å². The largest absolute Gasteiger partial charge is 0.354 e. The van der Waals surface area contributed by atoms with E-state index < -0.39 is 0 Å². The van der Waals surface area contributed by atoms with Crippen molar-refractivity contribution in [3.63, 3.8) is 0 Å². The van der Waals surface area contributed by atoms with E-state index in [4.69, 9.17) is 11.6 Å². The number of nitrogens with zero attached hydrogens (tertiary/aromatic N) is 3. The highest BCUT2D eigenvalue weighted by Gasteiger charge is 2.18. The van der Waals surface area contributed by atoms with Gasteiger partial charge >= 0.3 is 0 Å². The molecule has 1 N–H and O–H groups in total. The lowest BCUT2D eigenvalue weighted by Gasteiger charge is -2.26. The third-order valence-electron chi connectivity index (χ3n) is 5.40. The highest BCUT2D eigenvalue weighted by molar-refractivity contribution is 6.35. The van der Waals surface area contributed by atoms with Gasteiger partial charge in [-0.1, -0.05) is 49.7 Å². The second kappa shape index (κ2) is 10.4. The van der Waals surface area contributed by atoms with Crippen LogP contribution in [-0.2, 0) is 0 Å². The fourth-order valence-electron chi connectivity index (χ4n) is 3.55. The molecule has 0 fully saturated rings. The quantitative estimate of drug-likeness (QED) is 0.497. The van der Waals surface area contributed by atoms with E-state index in [-0.39, 0.29) is 5.91 Å². The number of para-hydroxylation sites is 2. The molecule has 1 amide bonds. The van der Waals surface area contributed by atoms with E-state index in [0.717, 1.165) is 41.9 Å². The van der Waals surface area contributed by atoms with Crippen LogP contribution >= 0.6 is 11.6 Å². The Morgan fingerprint density at radius 3 is 2.43 bits per heavy atom. The Morgan fingerprint density at radius 2 is 1.70 bits per heavy atom. The summed E-state index contributed by atoms with van der Waals surface area (Å²) in [7, 11) is 0. The predicted molar refractivity (Wildman–Crippen MR) is 126 cm³/mol. The van der Waals surface area contributed by atoms with Gasteiger partial charge in [0.05, 0.1) is 21.8 Å². The van der Waals surface area contributed by atoms with E-state index in [1.807, 2.05) is 60.4 Å². The summed E-state index contributed by atoms with van der Waals surface area (Å²) in [5.74, 6) is 0.0316. The minimum atomic E-state index is 0.0316. The second-order valence-corrected chi connectivity index (χ2v) is 7.48. The molecule has 0 unspecified atom stereocenters.